The SMILES string of the molecule is O=C(COC(=O)c1ccco1)Nc1ccc(Cl)cc1. The molecule has 0 saturated heterocycles. The number of benzene rings is 1. The number of hydrogen-bond acceptors (Lipinski definition) is 4. The molecule has 1 N–H and O–H groups in total. The molecule has 19 heavy (non-hydrogen) atoms. The van der Waals surface area contributed by atoms with E-state index in [9.17, 15) is 9.59 Å². The molecule has 2 rings (SSSR count). The number of ether oxygens (including phenoxy) is 1. The topological polar surface area (TPSA) is 68.5 Å². The summed E-state index contributed by atoms with van der Waals surface area (Å²) < 4.78 is 9.61. The van der Waals surface area contributed by atoms with E-state index >= 15 is 0 Å². The van der Waals surface area contributed by atoms with Gasteiger partial charge in [-0.3, -0.25) is 4.79 Å². The Hall–Kier alpha value is -2.27. The molecule has 6 heteroatoms. The van der Waals surface area contributed by atoms with Crippen LogP contribution in [0.5, 0.6) is 0 Å². The molecule has 0 atom stereocenters. The second kappa shape index (κ2) is 6.06. The van der Waals surface area contributed by atoms with Crippen LogP contribution in [0.15, 0.2) is 47.1 Å². The van der Waals surface area contributed by atoms with Gasteiger partial charge in [0.2, 0.25) is 5.76 Å². The average molecular weight is 280 g/mol. The van der Waals surface area contributed by atoms with E-state index in [-0.39, 0.29) is 12.4 Å². The first-order valence-corrected chi connectivity index (χ1v) is 5.79. The van der Waals surface area contributed by atoms with Gasteiger partial charge in [-0.1, -0.05) is 11.6 Å². The van der Waals surface area contributed by atoms with Crippen molar-refractivity contribution < 1.29 is 18.7 Å². The van der Waals surface area contributed by atoms with E-state index in [0.29, 0.717) is 10.7 Å². The Morgan fingerprint density at radius 2 is 1.95 bits per heavy atom. The average Bonchev–Trinajstić information content (AvgIpc) is 2.93. The molecule has 0 radical (unpaired) electrons. The van der Waals surface area contributed by atoms with Gasteiger partial charge in [-0.05, 0) is 36.4 Å². The lowest BCUT2D eigenvalue weighted by Crippen LogP contribution is -2.20. The van der Waals surface area contributed by atoms with Gasteiger partial charge in [0.25, 0.3) is 5.91 Å². The van der Waals surface area contributed by atoms with E-state index in [1.165, 1.54) is 12.3 Å². The summed E-state index contributed by atoms with van der Waals surface area (Å²) in [6.07, 6.45) is 1.35. The van der Waals surface area contributed by atoms with Crippen molar-refractivity contribution >= 4 is 29.2 Å². The van der Waals surface area contributed by atoms with Crippen molar-refractivity contribution in [3.05, 3.63) is 53.4 Å². The van der Waals surface area contributed by atoms with Crippen molar-refractivity contribution in [1.82, 2.24) is 0 Å². The van der Waals surface area contributed by atoms with Crippen molar-refractivity contribution in [2.75, 3.05) is 11.9 Å². The molecule has 0 spiro atoms. The Balaban J connectivity index is 1.82. The molecule has 0 bridgehead atoms. The minimum Gasteiger partial charge on any atom is -0.457 e. The molecule has 1 amide bonds. The van der Waals surface area contributed by atoms with E-state index in [2.05, 4.69) is 5.32 Å². The van der Waals surface area contributed by atoms with E-state index in [1.54, 1.807) is 30.3 Å². The van der Waals surface area contributed by atoms with Crippen molar-refractivity contribution in [2.24, 2.45) is 0 Å². The first-order chi connectivity index (χ1) is 9.15. The normalized spacial score (nSPS) is 9.95. The van der Waals surface area contributed by atoms with Crippen LogP contribution < -0.4 is 5.32 Å². The minimum atomic E-state index is -0.684. The highest BCUT2D eigenvalue weighted by atomic mass is 35.5. The summed E-state index contributed by atoms with van der Waals surface area (Å²) in [5.41, 5.74) is 0.573. The molecule has 1 heterocycles. The predicted octanol–water partition coefficient (Wildman–Crippen LogP) is 2.73. The summed E-state index contributed by atoms with van der Waals surface area (Å²) in [5.74, 6) is -1.07. The number of carbonyl (C=O) groups is 2. The zero-order chi connectivity index (χ0) is 13.7. The largest absolute Gasteiger partial charge is 0.457 e. The van der Waals surface area contributed by atoms with Crippen LogP contribution in [0.1, 0.15) is 10.6 Å². The van der Waals surface area contributed by atoms with Gasteiger partial charge < -0.3 is 14.5 Å². The number of esters is 1. The molecule has 0 saturated carbocycles. The molecular weight excluding hydrogens is 270 g/mol. The van der Waals surface area contributed by atoms with Crippen LogP contribution in [0.4, 0.5) is 5.69 Å². The lowest BCUT2D eigenvalue weighted by atomic mass is 10.3. The van der Waals surface area contributed by atoms with Crippen molar-refractivity contribution in [3.63, 3.8) is 0 Å². The van der Waals surface area contributed by atoms with Gasteiger partial charge in [0.15, 0.2) is 6.61 Å². The summed E-state index contributed by atoms with van der Waals surface area (Å²) >= 11 is 5.72. The Labute approximate surface area is 114 Å². The van der Waals surface area contributed by atoms with Crippen molar-refractivity contribution in [2.45, 2.75) is 0 Å². The van der Waals surface area contributed by atoms with Crippen LogP contribution in [0, 0.1) is 0 Å². The maximum absolute atomic E-state index is 11.5. The van der Waals surface area contributed by atoms with Crippen molar-refractivity contribution in [3.8, 4) is 0 Å². The molecule has 0 aliphatic carbocycles. The number of furan rings is 1. The quantitative estimate of drug-likeness (QED) is 0.874. The summed E-state index contributed by atoms with van der Waals surface area (Å²) in [6.45, 7) is -0.387. The van der Waals surface area contributed by atoms with Gasteiger partial charge in [0, 0.05) is 10.7 Å². The first-order valence-electron chi connectivity index (χ1n) is 5.41. The van der Waals surface area contributed by atoms with E-state index in [4.69, 9.17) is 20.8 Å². The molecular formula is C13H10ClNO4. The number of rotatable bonds is 4. The fraction of sp³-hybridized carbons (Fsp3) is 0.0769. The summed E-state index contributed by atoms with van der Waals surface area (Å²) in [4.78, 5) is 22.9. The fourth-order valence-electron chi connectivity index (χ4n) is 1.33. The van der Waals surface area contributed by atoms with Crippen LogP contribution in [-0.4, -0.2) is 18.5 Å². The fourth-order valence-corrected chi connectivity index (χ4v) is 1.45. The number of halogens is 1. The number of hydrogen-bond donors (Lipinski definition) is 1. The second-order valence-electron chi connectivity index (χ2n) is 3.61. The predicted molar refractivity (Wildman–Crippen MR) is 69.1 cm³/mol. The third-order valence-corrected chi connectivity index (χ3v) is 2.44. The molecule has 5 nitrogen and oxygen atoms in total. The zero-order valence-electron chi connectivity index (χ0n) is 9.76. The molecule has 0 unspecified atom stereocenters. The lowest BCUT2D eigenvalue weighted by molar-refractivity contribution is -0.119. The van der Waals surface area contributed by atoms with Gasteiger partial charge >= 0.3 is 5.97 Å². The number of amides is 1. The number of anilines is 1. The van der Waals surface area contributed by atoms with Crippen LogP contribution in [-0.2, 0) is 9.53 Å². The molecule has 0 fully saturated rings. The molecule has 0 aliphatic heterocycles. The van der Waals surface area contributed by atoms with Gasteiger partial charge in [0.1, 0.15) is 0 Å². The summed E-state index contributed by atoms with van der Waals surface area (Å²) in [6, 6.07) is 9.60. The number of carbonyl (C=O) groups excluding carboxylic acids is 2. The molecule has 1 aromatic heterocycles. The summed E-state index contributed by atoms with van der Waals surface area (Å²) in [7, 11) is 0. The first kappa shape index (κ1) is 13.2. The van der Waals surface area contributed by atoms with Gasteiger partial charge in [-0.25, -0.2) is 4.79 Å². The van der Waals surface area contributed by atoms with Gasteiger partial charge in [-0.2, -0.15) is 0 Å². The third-order valence-electron chi connectivity index (χ3n) is 2.18. The molecule has 2 aromatic rings. The van der Waals surface area contributed by atoms with E-state index < -0.39 is 11.9 Å². The Kier molecular flexibility index (Phi) is 4.20. The highest BCUT2D eigenvalue weighted by Gasteiger charge is 2.12. The Morgan fingerprint density at radius 3 is 2.58 bits per heavy atom. The van der Waals surface area contributed by atoms with Crippen LogP contribution in [0.3, 0.4) is 0 Å². The second-order valence-corrected chi connectivity index (χ2v) is 4.04. The Morgan fingerprint density at radius 1 is 1.21 bits per heavy atom. The van der Waals surface area contributed by atoms with E-state index in [0.717, 1.165) is 0 Å². The van der Waals surface area contributed by atoms with Crippen molar-refractivity contribution in [1.29, 1.82) is 0 Å². The van der Waals surface area contributed by atoms with E-state index in [1.807, 2.05) is 0 Å². The summed E-state index contributed by atoms with van der Waals surface area (Å²) in [5, 5.41) is 3.14. The minimum absolute atomic E-state index is 0.0549. The van der Waals surface area contributed by atoms with Crippen LogP contribution in [0.25, 0.3) is 0 Å². The Bertz CT molecular complexity index is 563. The molecule has 1 aromatic carbocycles. The van der Waals surface area contributed by atoms with Crippen LogP contribution in [0.2, 0.25) is 5.02 Å². The highest BCUT2D eigenvalue weighted by Crippen LogP contribution is 2.13. The lowest BCUT2D eigenvalue weighted by Gasteiger charge is -2.05. The van der Waals surface area contributed by atoms with Gasteiger partial charge in [-0.15, -0.1) is 0 Å². The highest BCUT2D eigenvalue weighted by molar-refractivity contribution is 6.30. The third kappa shape index (κ3) is 3.86. The maximum Gasteiger partial charge on any atom is 0.374 e. The van der Waals surface area contributed by atoms with Gasteiger partial charge in [0.05, 0.1) is 6.26 Å². The molecule has 98 valence electrons. The number of nitrogens with one attached hydrogen (secondary N) is 1. The van der Waals surface area contributed by atoms with Crippen LogP contribution >= 0.6 is 11.6 Å². The molecule has 0 aliphatic rings. The zero-order valence-corrected chi connectivity index (χ0v) is 10.5. The standard InChI is InChI=1S/C13H10ClNO4/c14-9-3-5-10(6-4-9)15-12(16)8-19-13(17)11-2-1-7-18-11/h1-7H,8H2,(H,15,16). The smallest absolute Gasteiger partial charge is 0.374 e. The maximum atomic E-state index is 11.5. The monoisotopic (exact) mass is 279 g/mol.